The number of aromatic nitrogens is 2. The Bertz CT molecular complexity index is 355. The van der Waals surface area contributed by atoms with Gasteiger partial charge in [-0.3, -0.25) is 4.68 Å². The summed E-state index contributed by atoms with van der Waals surface area (Å²) in [6.07, 6.45) is 1.82. The molecule has 13 heavy (non-hydrogen) atoms. The van der Waals surface area contributed by atoms with Crippen molar-refractivity contribution in [1.29, 1.82) is 0 Å². The number of hydrogen-bond donors (Lipinski definition) is 1. The van der Waals surface area contributed by atoms with Gasteiger partial charge < -0.3 is 10.5 Å². The molecule has 1 aromatic rings. The Hall–Kier alpha value is -1.52. The molecular weight excluding hydrogens is 168 g/mol. The lowest BCUT2D eigenvalue weighted by molar-refractivity contribution is 0.246. The van der Waals surface area contributed by atoms with Gasteiger partial charge in [-0.1, -0.05) is 0 Å². The topological polar surface area (TPSA) is 65.4 Å². The van der Waals surface area contributed by atoms with Crippen LogP contribution in [0.15, 0.2) is 11.2 Å². The minimum atomic E-state index is 0.148. The van der Waals surface area contributed by atoms with E-state index in [1.165, 1.54) is 0 Å². The highest BCUT2D eigenvalue weighted by molar-refractivity contribution is 5.99. The number of aliphatic imine (C=N–C) groups is 1. The summed E-state index contributed by atoms with van der Waals surface area (Å²) in [6, 6.07) is 0. The van der Waals surface area contributed by atoms with Gasteiger partial charge in [-0.2, -0.15) is 5.10 Å². The Morgan fingerprint density at radius 1 is 1.69 bits per heavy atom. The molecule has 0 radical (unpaired) electrons. The van der Waals surface area contributed by atoms with Crippen LogP contribution in [0.2, 0.25) is 0 Å². The Morgan fingerprint density at radius 3 is 2.92 bits per heavy atom. The van der Waals surface area contributed by atoms with Gasteiger partial charge in [0, 0.05) is 7.05 Å². The monoisotopic (exact) mass is 180 g/mol. The van der Waals surface area contributed by atoms with E-state index in [1.807, 2.05) is 6.92 Å². The first-order valence-corrected chi connectivity index (χ1v) is 4.17. The van der Waals surface area contributed by atoms with Crippen molar-refractivity contribution in [2.45, 2.75) is 13.0 Å². The first-order valence-electron chi connectivity index (χ1n) is 4.17. The maximum Gasteiger partial charge on any atom is 0.221 e. The fourth-order valence-electron chi connectivity index (χ4n) is 1.24. The zero-order chi connectivity index (χ0) is 9.42. The standard InChI is InChI=1S/C8H12N4O/c1-5-3-10-8(13-5)6-4-11-12(2)7(6)9/h4-5H,3,9H2,1-2H3. The van der Waals surface area contributed by atoms with Crippen molar-refractivity contribution >= 4 is 11.7 Å². The zero-order valence-corrected chi connectivity index (χ0v) is 7.69. The summed E-state index contributed by atoms with van der Waals surface area (Å²) in [7, 11) is 1.79. The number of aryl methyl sites for hydroxylation is 1. The summed E-state index contributed by atoms with van der Waals surface area (Å²) in [5.41, 5.74) is 6.55. The molecule has 0 amide bonds. The molecule has 0 fully saturated rings. The van der Waals surface area contributed by atoms with Crippen LogP contribution in [0.25, 0.3) is 0 Å². The third kappa shape index (κ3) is 1.26. The van der Waals surface area contributed by atoms with E-state index in [2.05, 4.69) is 10.1 Å². The molecule has 2 N–H and O–H groups in total. The summed E-state index contributed by atoms with van der Waals surface area (Å²) in [6.45, 7) is 2.67. The molecule has 1 unspecified atom stereocenters. The Kier molecular flexibility index (Phi) is 1.72. The van der Waals surface area contributed by atoms with Gasteiger partial charge in [-0.15, -0.1) is 0 Å². The van der Waals surface area contributed by atoms with E-state index in [4.69, 9.17) is 10.5 Å². The Labute approximate surface area is 76.2 Å². The van der Waals surface area contributed by atoms with Gasteiger partial charge in [-0.25, -0.2) is 4.99 Å². The first kappa shape index (κ1) is 8.10. The molecule has 2 rings (SSSR count). The highest BCUT2D eigenvalue weighted by atomic mass is 16.5. The molecular formula is C8H12N4O. The molecule has 2 heterocycles. The van der Waals surface area contributed by atoms with Crippen LogP contribution < -0.4 is 5.73 Å². The fourth-order valence-corrected chi connectivity index (χ4v) is 1.24. The highest BCUT2D eigenvalue weighted by Gasteiger charge is 2.20. The van der Waals surface area contributed by atoms with Crippen molar-refractivity contribution in [3.05, 3.63) is 11.8 Å². The summed E-state index contributed by atoms with van der Waals surface area (Å²) < 4.78 is 7.06. The lowest BCUT2D eigenvalue weighted by Crippen LogP contribution is -2.10. The lowest BCUT2D eigenvalue weighted by Gasteiger charge is -2.04. The molecule has 0 aromatic carbocycles. The van der Waals surface area contributed by atoms with Gasteiger partial charge in [0.2, 0.25) is 5.90 Å². The maximum atomic E-state index is 5.77. The van der Waals surface area contributed by atoms with E-state index in [1.54, 1.807) is 17.9 Å². The minimum absolute atomic E-state index is 0.148. The van der Waals surface area contributed by atoms with E-state index < -0.39 is 0 Å². The molecule has 5 nitrogen and oxygen atoms in total. The molecule has 1 aromatic heterocycles. The molecule has 0 bridgehead atoms. The van der Waals surface area contributed by atoms with Gasteiger partial charge >= 0.3 is 0 Å². The van der Waals surface area contributed by atoms with E-state index in [0.717, 1.165) is 5.56 Å². The maximum absolute atomic E-state index is 5.77. The average molecular weight is 180 g/mol. The largest absolute Gasteiger partial charge is 0.472 e. The van der Waals surface area contributed by atoms with Crippen molar-refractivity contribution in [1.82, 2.24) is 9.78 Å². The quantitative estimate of drug-likeness (QED) is 0.669. The van der Waals surface area contributed by atoms with E-state index >= 15 is 0 Å². The number of anilines is 1. The number of hydrogen-bond acceptors (Lipinski definition) is 4. The summed E-state index contributed by atoms with van der Waals surface area (Å²) in [5, 5.41) is 4.02. The van der Waals surface area contributed by atoms with Crippen molar-refractivity contribution in [3.8, 4) is 0 Å². The zero-order valence-electron chi connectivity index (χ0n) is 7.69. The summed E-state index contributed by atoms with van der Waals surface area (Å²) in [4.78, 5) is 4.22. The van der Waals surface area contributed by atoms with Gasteiger partial charge in [-0.05, 0) is 6.92 Å². The van der Waals surface area contributed by atoms with Crippen LogP contribution in [0, 0.1) is 0 Å². The van der Waals surface area contributed by atoms with E-state index in [-0.39, 0.29) is 6.10 Å². The predicted molar refractivity (Wildman–Crippen MR) is 49.6 cm³/mol. The third-order valence-electron chi connectivity index (χ3n) is 2.02. The average Bonchev–Trinajstić information content (AvgIpc) is 2.62. The molecule has 0 spiro atoms. The van der Waals surface area contributed by atoms with Crippen LogP contribution in [0.5, 0.6) is 0 Å². The van der Waals surface area contributed by atoms with Crippen LogP contribution in [-0.4, -0.2) is 28.3 Å². The second-order valence-electron chi connectivity index (χ2n) is 3.14. The van der Waals surface area contributed by atoms with Gasteiger partial charge in [0.25, 0.3) is 0 Å². The second kappa shape index (κ2) is 2.76. The van der Waals surface area contributed by atoms with E-state index in [9.17, 15) is 0 Å². The van der Waals surface area contributed by atoms with Crippen LogP contribution in [-0.2, 0) is 11.8 Å². The third-order valence-corrected chi connectivity index (χ3v) is 2.02. The minimum Gasteiger partial charge on any atom is -0.472 e. The molecule has 0 saturated carbocycles. The molecule has 0 aliphatic carbocycles. The number of rotatable bonds is 1. The van der Waals surface area contributed by atoms with Crippen molar-refractivity contribution < 1.29 is 4.74 Å². The Morgan fingerprint density at radius 2 is 2.46 bits per heavy atom. The first-order chi connectivity index (χ1) is 6.18. The molecule has 70 valence electrons. The SMILES string of the molecule is CC1CN=C(c2cnn(C)c2N)O1. The molecule has 5 heteroatoms. The highest BCUT2D eigenvalue weighted by Crippen LogP contribution is 2.16. The van der Waals surface area contributed by atoms with Crippen LogP contribution in [0.3, 0.4) is 0 Å². The molecule has 0 saturated heterocycles. The molecule has 1 atom stereocenters. The molecule has 1 aliphatic rings. The van der Waals surface area contributed by atoms with Gasteiger partial charge in [0.1, 0.15) is 11.9 Å². The van der Waals surface area contributed by atoms with Gasteiger partial charge in [0.15, 0.2) is 0 Å². The Balaban J connectivity index is 2.31. The lowest BCUT2D eigenvalue weighted by atomic mass is 10.3. The van der Waals surface area contributed by atoms with Crippen molar-refractivity contribution in [2.75, 3.05) is 12.3 Å². The number of nitrogens with zero attached hydrogens (tertiary/aromatic N) is 3. The number of nitrogen functional groups attached to an aromatic ring is 1. The van der Waals surface area contributed by atoms with Crippen LogP contribution in [0.4, 0.5) is 5.82 Å². The number of ether oxygens (including phenoxy) is 1. The van der Waals surface area contributed by atoms with Crippen LogP contribution >= 0.6 is 0 Å². The van der Waals surface area contributed by atoms with Crippen LogP contribution in [0.1, 0.15) is 12.5 Å². The fraction of sp³-hybridized carbons (Fsp3) is 0.500. The normalized spacial score (nSPS) is 21.4. The number of nitrogens with two attached hydrogens (primary N) is 1. The second-order valence-corrected chi connectivity index (χ2v) is 3.14. The van der Waals surface area contributed by atoms with Crippen molar-refractivity contribution in [3.63, 3.8) is 0 Å². The summed E-state index contributed by atoms with van der Waals surface area (Å²) in [5.74, 6) is 1.20. The predicted octanol–water partition coefficient (Wildman–Crippen LogP) is 0.168. The summed E-state index contributed by atoms with van der Waals surface area (Å²) >= 11 is 0. The smallest absolute Gasteiger partial charge is 0.221 e. The molecule has 1 aliphatic heterocycles. The van der Waals surface area contributed by atoms with E-state index in [0.29, 0.717) is 18.3 Å². The van der Waals surface area contributed by atoms with Gasteiger partial charge in [0.05, 0.1) is 18.3 Å². The van der Waals surface area contributed by atoms with Crippen molar-refractivity contribution in [2.24, 2.45) is 12.0 Å².